The van der Waals surface area contributed by atoms with Crippen LogP contribution in [0.3, 0.4) is 0 Å². The summed E-state index contributed by atoms with van der Waals surface area (Å²) < 4.78 is 8.78. The van der Waals surface area contributed by atoms with E-state index in [9.17, 15) is 0 Å². The van der Waals surface area contributed by atoms with E-state index < -0.39 is 0 Å². The van der Waals surface area contributed by atoms with Gasteiger partial charge in [-0.25, -0.2) is 0 Å². The number of hydrogen-bond acceptors (Lipinski definition) is 1. The predicted molar refractivity (Wildman–Crippen MR) is 123 cm³/mol. The summed E-state index contributed by atoms with van der Waals surface area (Å²) in [6.07, 6.45) is 5.73. The van der Waals surface area contributed by atoms with Crippen LogP contribution in [0.2, 0.25) is 0 Å². The quantitative estimate of drug-likeness (QED) is 0.293. The molecule has 2 heterocycles. The van der Waals surface area contributed by atoms with E-state index in [-0.39, 0.29) is 0 Å². The van der Waals surface area contributed by atoms with Gasteiger partial charge in [-0.3, -0.25) is 0 Å². The van der Waals surface area contributed by atoms with Crippen LogP contribution in [0.4, 0.5) is 0 Å². The van der Waals surface area contributed by atoms with E-state index in [0.29, 0.717) is 5.41 Å². The number of nitrogens with zero attached hydrogens (tertiary/aromatic N) is 1. The van der Waals surface area contributed by atoms with Gasteiger partial charge < -0.3 is 8.98 Å². The lowest BCUT2D eigenvalue weighted by Crippen LogP contribution is -2.27. The molecule has 1 spiro atoms. The Morgan fingerprint density at radius 1 is 0.833 bits per heavy atom. The maximum Gasteiger partial charge on any atom is 0.159 e. The molecule has 2 atom stereocenters. The lowest BCUT2D eigenvalue weighted by atomic mass is 9.70. The number of rotatable bonds is 1. The van der Waals surface area contributed by atoms with Crippen molar-refractivity contribution in [3.8, 4) is 0 Å². The van der Waals surface area contributed by atoms with Crippen LogP contribution in [-0.2, 0) is 12.5 Å². The van der Waals surface area contributed by atoms with Gasteiger partial charge in [-0.2, -0.15) is 0 Å². The van der Waals surface area contributed by atoms with E-state index in [1.807, 2.05) is 0 Å². The van der Waals surface area contributed by atoms with Crippen molar-refractivity contribution in [3.63, 3.8) is 0 Å². The van der Waals surface area contributed by atoms with Crippen LogP contribution in [0.25, 0.3) is 43.7 Å². The van der Waals surface area contributed by atoms with Crippen LogP contribution in [0.15, 0.2) is 59.0 Å². The van der Waals surface area contributed by atoms with Gasteiger partial charge in [0.1, 0.15) is 5.58 Å². The van der Waals surface area contributed by atoms with Crippen LogP contribution < -0.4 is 0 Å². The van der Waals surface area contributed by atoms with Gasteiger partial charge in [0.15, 0.2) is 5.58 Å². The lowest BCUT2D eigenvalue weighted by molar-refractivity contribution is 0.301. The minimum Gasteiger partial charge on any atom is -0.454 e. The molecule has 3 aromatic carbocycles. The fourth-order valence-corrected chi connectivity index (χ4v) is 7.53. The van der Waals surface area contributed by atoms with Gasteiger partial charge in [-0.05, 0) is 72.1 Å². The summed E-state index contributed by atoms with van der Waals surface area (Å²) in [5, 5.41) is 5.22. The van der Waals surface area contributed by atoms with Gasteiger partial charge >= 0.3 is 0 Å². The first-order valence-electron chi connectivity index (χ1n) is 11.4. The third-order valence-corrected chi connectivity index (χ3v) is 9.13. The number of aryl methyl sites for hydroxylation is 1. The smallest absolute Gasteiger partial charge is 0.159 e. The van der Waals surface area contributed by atoms with E-state index in [2.05, 4.69) is 73.1 Å². The molecule has 30 heavy (non-hydrogen) atoms. The molecular formula is C28H25NO. The van der Waals surface area contributed by atoms with Crippen LogP contribution in [0.5, 0.6) is 0 Å². The predicted octanol–water partition coefficient (Wildman–Crippen LogP) is 7.31. The molecule has 0 aliphatic heterocycles. The molecule has 8 rings (SSSR count). The standard InChI is InChI=1S/C28H25NO/c1-27(12-16-14-28(16)15-17(28)13-27)21-7-5-8-22-24(21)20-11-10-19-18-6-3-4-9-23(18)30-26(19)25(20)29(22)2/h3-11,16-17H,12-15H2,1-2H3. The highest BCUT2D eigenvalue weighted by molar-refractivity contribution is 6.21. The summed E-state index contributed by atoms with van der Waals surface area (Å²) in [6, 6.07) is 20.0. The van der Waals surface area contributed by atoms with Gasteiger partial charge in [0.2, 0.25) is 0 Å². The molecule has 5 aromatic rings. The molecule has 3 aliphatic rings. The van der Waals surface area contributed by atoms with E-state index >= 15 is 0 Å². The van der Waals surface area contributed by atoms with Gasteiger partial charge in [-0.1, -0.05) is 43.3 Å². The van der Waals surface area contributed by atoms with Crippen LogP contribution in [0, 0.1) is 17.3 Å². The van der Waals surface area contributed by atoms with E-state index in [0.717, 1.165) is 28.4 Å². The molecule has 0 radical (unpaired) electrons. The SMILES string of the molecule is Cn1c2cccc(C3(C)CC4CC45CC5C3)c2c2ccc3c4ccccc4oc3c21. The Labute approximate surface area is 175 Å². The Balaban J connectivity index is 1.47. The third kappa shape index (κ3) is 1.71. The van der Waals surface area contributed by atoms with Crippen LogP contribution >= 0.6 is 0 Å². The van der Waals surface area contributed by atoms with Crippen molar-refractivity contribution in [1.82, 2.24) is 4.57 Å². The first-order chi connectivity index (χ1) is 14.6. The Morgan fingerprint density at radius 2 is 1.60 bits per heavy atom. The molecule has 0 N–H and O–H groups in total. The van der Waals surface area contributed by atoms with Gasteiger partial charge in [0, 0.05) is 34.1 Å². The maximum atomic E-state index is 6.41. The fourth-order valence-electron chi connectivity index (χ4n) is 7.53. The van der Waals surface area contributed by atoms with E-state index in [4.69, 9.17) is 4.42 Å². The second kappa shape index (κ2) is 4.77. The highest BCUT2D eigenvalue weighted by Crippen LogP contribution is 2.82. The minimum absolute atomic E-state index is 0.294. The maximum absolute atomic E-state index is 6.41. The minimum atomic E-state index is 0.294. The normalized spacial score (nSPS) is 32.1. The van der Waals surface area contributed by atoms with Crippen LogP contribution in [0.1, 0.15) is 38.2 Å². The number of hydrogen-bond donors (Lipinski definition) is 0. The largest absolute Gasteiger partial charge is 0.454 e. The van der Waals surface area contributed by atoms with E-state index in [1.165, 1.54) is 58.3 Å². The molecule has 2 unspecified atom stereocenters. The van der Waals surface area contributed by atoms with Gasteiger partial charge in [0.25, 0.3) is 0 Å². The lowest BCUT2D eigenvalue weighted by Gasteiger charge is -2.34. The van der Waals surface area contributed by atoms with Crippen molar-refractivity contribution < 1.29 is 4.42 Å². The Hall–Kier alpha value is -2.74. The third-order valence-electron chi connectivity index (χ3n) is 9.13. The zero-order chi connectivity index (χ0) is 19.8. The molecular weight excluding hydrogens is 366 g/mol. The monoisotopic (exact) mass is 391 g/mol. The van der Waals surface area contributed by atoms with Crippen molar-refractivity contribution in [2.75, 3.05) is 0 Å². The second-order valence-corrected chi connectivity index (χ2v) is 10.7. The topological polar surface area (TPSA) is 18.1 Å². The van der Waals surface area contributed by atoms with Crippen LogP contribution in [-0.4, -0.2) is 4.57 Å². The molecule has 0 bridgehead atoms. The molecule has 0 amide bonds. The summed E-state index contributed by atoms with van der Waals surface area (Å²) >= 11 is 0. The highest BCUT2D eigenvalue weighted by Gasteiger charge is 2.74. The van der Waals surface area contributed by atoms with Gasteiger partial charge in [-0.15, -0.1) is 0 Å². The number of fused-ring (bicyclic) bond motifs is 7. The van der Waals surface area contributed by atoms with E-state index in [1.54, 1.807) is 5.56 Å². The zero-order valence-corrected chi connectivity index (χ0v) is 17.5. The van der Waals surface area contributed by atoms with Crippen molar-refractivity contribution >= 4 is 43.7 Å². The summed E-state index contributed by atoms with van der Waals surface area (Å²) in [5.41, 5.74) is 7.22. The fraction of sp³-hybridized carbons (Fsp3) is 0.357. The summed E-state index contributed by atoms with van der Waals surface area (Å²) in [4.78, 5) is 0. The average Bonchev–Trinajstić information content (AvgIpc) is 3.55. The molecule has 2 nitrogen and oxygen atoms in total. The Morgan fingerprint density at radius 3 is 2.43 bits per heavy atom. The van der Waals surface area contributed by atoms with Gasteiger partial charge in [0.05, 0.1) is 5.52 Å². The van der Waals surface area contributed by atoms with Crippen molar-refractivity contribution in [3.05, 3.63) is 60.2 Å². The molecule has 3 saturated carbocycles. The molecule has 148 valence electrons. The van der Waals surface area contributed by atoms with Crippen molar-refractivity contribution in [1.29, 1.82) is 0 Å². The zero-order valence-electron chi connectivity index (χ0n) is 17.5. The number of aromatic nitrogens is 1. The summed E-state index contributed by atoms with van der Waals surface area (Å²) in [6.45, 7) is 2.54. The summed E-state index contributed by atoms with van der Waals surface area (Å²) in [7, 11) is 2.21. The number of para-hydroxylation sites is 1. The van der Waals surface area contributed by atoms with Crippen molar-refractivity contribution in [2.45, 2.75) is 38.0 Å². The molecule has 3 aliphatic carbocycles. The second-order valence-electron chi connectivity index (χ2n) is 10.7. The summed E-state index contributed by atoms with van der Waals surface area (Å²) in [5.74, 6) is 1.96. The van der Waals surface area contributed by atoms with Crippen molar-refractivity contribution in [2.24, 2.45) is 24.3 Å². The molecule has 2 heteroatoms. The Bertz CT molecular complexity index is 1530. The highest BCUT2D eigenvalue weighted by atomic mass is 16.3. The Kier molecular flexibility index (Phi) is 2.55. The number of furan rings is 1. The molecule has 2 aromatic heterocycles. The molecule has 0 saturated heterocycles. The average molecular weight is 392 g/mol. The first-order valence-corrected chi connectivity index (χ1v) is 11.4. The number of benzene rings is 3. The first kappa shape index (κ1) is 16.0. The molecule has 3 fully saturated rings.